The first kappa shape index (κ1) is 16.7. The molecule has 1 aliphatic heterocycles. The van der Waals surface area contributed by atoms with Gasteiger partial charge in [-0.3, -0.25) is 9.48 Å². The van der Waals surface area contributed by atoms with Crippen molar-refractivity contribution in [3.63, 3.8) is 0 Å². The summed E-state index contributed by atoms with van der Waals surface area (Å²) in [6.45, 7) is 3.86. The number of aryl methyl sites for hydroxylation is 2. The minimum Gasteiger partial charge on any atom is -0.355 e. The lowest BCUT2D eigenvalue weighted by Crippen LogP contribution is -2.36. The van der Waals surface area contributed by atoms with Crippen molar-refractivity contribution in [3.05, 3.63) is 40.5 Å². The van der Waals surface area contributed by atoms with Crippen LogP contribution >= 0.6 is 0 Å². The van der Waals surface area contributed by atoms with Gasteiger partial charge in [0.15, 0.2) is 5.65 Å². The van der Waals surface area contributed by atoms with Gasteiger partial charge in [0.1, 0.15) is 11.6 Å². The molecule has 0 spiro atoms. The van der Waals surface area contributed by atoms with E-state index in [1.54, 1.807) is 10.7 Å². The number of piperidine rings is 1. The molecule has 0 aliphatic carbocycles. The van der Waals surface area contributed by atoms with Gasteiger partial charge < -0.3 is 9.88 Å². The predicted octanol–water partition coefficient (Wildman–Crippen LogP) is 1.78. The quantitative estimate of drug-likeness (QED) is 0.769. The zero-order valence-corrected chi connectivity index (χ0v) is 15.1. The number of fused-ring (bicyclic) bond motifs is 1. The van der Waals surface area contributed by atoms with Crippen LogP contribution in [0.2, 0.25) is 0 Å². The number of anilines is 1. The highest BCUT2D eigenvalue weighted by atomic mass is 16.1. The minimum absolute atomic E-state index is 0.103. The maximum atomic E-state index is 11.6. The van der Waals surface area contributed by atoms with Crippen LogP contribution in [-0.4, -0.2) is 42.8 Å². The highest BCUT2D eigenvalue weighted by Gasteiger charge is 2.26. The van der Waals surface area contributed by atoms with Crippen LogP contribution in [0.25, 0.3) is 11.0 Å². The van der Waals surface area contributed by atoms with Crippen molar-refractivity contribution in [1.29, 1.82) is 0 Å². The molecule has 3 aromatic rings. The molecule has 1 N–H and O–H groups in total. The van der Waals surface area contributed by atoms with Crippen molar-refractivity contribution in [2.24, 2.45) is 7.05 Å². The lowest BCUT2D eigenvalue weighted by atomic mass is 9.94. The number of nitrogens with zero attached hydrogens (tertiary/aromatic N) is 6. The molecule has 0 aromatic carbocycles. The summed E-state index contributed by atoms with van der Waals surface area (Å²) in [7, 11) is 1.91. The number of aromatic nitrogens is 6. The van der Waals surface area contributed by atoms with E-state index in [2.05, 4.69) is 31.9 Å². The molecule has 8 heteroatoms. The molecule has 0 radical (unpaired) electrons. The summed E-state index contributed by atoms with van der Waals surface area (Å²) < 4.78 is 1.80. The highest BCUT2D eigenvalue weighted by molar-refractivity contribution is 5.87. The summed E-state index contributed by atoms with van der Waals surface area (Å²) in [5, 5.41) is 5.35. The van der Waals surface area contributed by atoms with Crippen molar-refractivity contribution < 1.29 is 0 Å². The van der Waals surface area contributed by atoms with Gasteiger partial charge in [0, 0.05) is 38.5 Å². The second-order valence-electron chi connectivity index (χ2n) is 6.84. The van der Waals surface area contributed by atoms with Gasteiger partial charge in [-0.2, -0.15) is 5.10 Å². The first-order valence-corrected chi connectivity index (χ1v) is 9.14. The third-order valence-corrected chi connectivity index (χ3v) is 4.93. The Morgan fingerprint density at radius 3 is 3.04 bits per heavy atom. The van der Waals surface area contributed by atoms with Gasteiger partial charge in [-0.05, 0) is 19.3 Å². The van der Waals surface area contributed by atoms with E-state index >= 15 is 0 Å². The van der Waals surface area contributed by atoms with Crippen LogP contribution < -0.4 is 10.5 Å². The van der Waals surface area contributed by atoms with Crippen molar-refractivity contribution in [2.45, 2.75) is 38.5 Å². The number of rotatable bonds is 4. The fraction of sp³-hybridized carbons (Fsp3) is 0.500. The maximum absolute atomic E-state index is 11.6. The minimum atomic E-state index is -0.103. The molecule has 3 aromatic heterocycles. The third kappa shape index (κ3) is 3.07. The average molecular weight is 353 g/mol. The first-order valence-electron chi connectivity index (χ1n) is 9.14. The van der Waals surface area contributed by atoms with Crippen LogP contribution in [0, 0.1) is 0 Å². The maximum Gasteiger partial charge on any atom is 0.250 e. The summed E-state index contributed by atoms with van der Waals surface area (Å²) in [6.07, 6.45) is 7.24. The summed E-state index contributed by atoms with van der Waals surface area (Å²) in [4.78, 5) is 30.4. The summed E-state index contributed by atoms with van der Waals surface area (Å²) >= 11 is 0. The van der Waals surface area contributed by atoms with Gasteiger partial charge >= 0.3 is 0 Å². The predicted molar refractivity (Wildman–Crippen MR) is 99.3 cm³/mol. The van der Waals surface area contributed by atoms with Crippen LogP contribution in [0.1, 0.15) is 43.6 Å². The van der Waals surface area contributed by atoms with E-state index in [9.17, 15) is 4.79 Å². The Morgan fingerprint density at radius 2 is 2.23 bits per heavy atom. The van der Waals surface area contributed by atoms with E-state index in [0.717, 1.165) is 67.1 Å². The molecule has 0 unspecified atom stereocenters. The van der Waals surface area contributed by atoms with E-state index in [-0.39, 0.29) is 11.5 Å². The third-order valence-electron chi connectivity index (χ3n) is 4.93. The fourth-order valence-electron chi connectivity index (χ4n) is 3.65. The number of hydrogen-bond acceptors (Lipinski definition) is 6. The van der Waals surface area contributed by atoms with Crippen LogP contribution in [-0.2, 0) is 13.5 Å². The molecule has 1 fully saturated rings. The van der Waals surface area contributed by atoms with Gasteiger partial charge in [-0.25, -0.2) is 15.0 Å². The molecule has 8 nitrogen and oxygen atoms in total. The number of hydrogen-bond donors (Lipinski definition) is 1. The van der Waals surface area contributed by atoms with Gasteiger partial charge in [0.25, 0.3) is 5.56 Å². The zero-order chi connectivity index (χ0) is 18.1. The van der Waals surface area contributed by atoms with Crippen LogP contribution in [0.4, 0.5) is 5.82 Å². The number of H-pyrrole nitrogens is 1. The number of nitrogens with one attached hydrogen (secondary N) is 1. The van der Waals surface area contributed by atoms with Gasteiger partial charge in [0.2, 0.25) is 0 Å². The Balaban J connectivity index is 1.71. The van der Waals surface area contributed by atoms with Crippen molar-refractivity contribution in [2.75, 3.05) is 18.0 Å². The second-order valence-corrected chi connectivity index (χ2v) is 6.84. The lowest BCUT2D eigenvalue weighted by Gasteiger charge is -2.33. The molecule has 1 aliphatic rings. The molecular weight excluding hydrogens is 330 g/mol. The van der Waals surface area contributed by atoms with Crippen molar-refractivity contribution >= 4 is 16.9 Å². The lowest BCUT2D eigenvalue weighted by molar-refractivity contribution is 0.498. The van der Waals surface area contributed by atoms with Crippen LogP contribution in [0.5, 0.6) is 0 Å². The van der Waals surface area contributed by atoms with Crippen molar-refractivity contribution in [1.82, 2.24) is 29.7 Å². The monoisotopic (exact) mass is 353 g/mol. The summed E-state index contributed by atoms with van der Waals surface area (Å²) in [5.74, 6) is 2.03. The zero-order valence-electron chi connectivity index (χ0n) is 15.1. The molecule has 136 valence electrons. The summed E-state index contributed by atoms with van der Waals surface area (Å²) in [6, 6.07) is 1.61. The molecule has 0 amide bonds. The van der Waals surface area contributed by atoms with E-state index in [1.807, 2.05) is 13.2 Å². The SMILES string of the molecule is CCCc1nc(N2CCC[C@@H](c3cc(=O)[nH]cn3)C2)c2cnn(C)c2n1. The Kier molecular flexibility index (Phi) is 4.40. The Hall–Kier alpha value is -2.77. The van der Waals surface area contributed by atoms with Gasteiger partial charge in [-0.1, -0.05) is 6.92 Å². The van der Waals surface area contributed by atoms with E-state index in [1.165, 1.54) is 6.33 Å². The van der Waals surface area contributed by atoms with Crippen LogP contribution in [0.15, 0.2) is 23.4 Å². The van der Waals surface area contributed by atoms with E-state index in [4.69, 9.17) is 4.98 Å². The van der Waals surface area contributed by atoms with Gasteiger partial charge in [0.05, 0.1) is 23.6 Å². The molecule has 0 saturated carbocycles. The standard InChI is InChI=1S/C18H23N7O/c1-3-5-15-22-17-13(9-21-24(17)2)18(23-15)25-7-4-6-12(10-25)14-8-16(26)20-11-19-14/h8-9,11-12H,3-7,10H2,1-2H3,(H,19,20,26)/t12-/m1/s1. The first-order chi connectivity index (χ1) is 12.7. The molecule has 4 heterocycles. The van der Waals surface area contributed by atoms with Crippen molar-refractivity contribution in [3.8, 4) is 0 Å². The average Bonchev–Trinajstić information content (AvgIpc) is 3.03. The van der Waals surface area contributed by atoms with Crippen LogP contribution in [0.3, 0.4) is 0 Å². The molecule has 1 atom stereocenters. The second kappa shape index (κ2) is 6.86. The number of aromatic amines is 1. The van der Waals surface area contributed by atoms with Gasteiger partial charge in [-0.15, -0.1) is 0 Å². The highest BCUT2D eigenvalue weighted by Crippen LogP contribution is 2.31. The molecule has 4 rings (SSSR count). The normalized spacial score (nSPS) is 17.8. The smallest absolute Gasteiger partial charge is 0.250 e. The Bertz CT molecular complexity index is 977. The molecule has 26 heavy (non-hydrogen) atoms. The molecular formula is C18H23N7O. The summed E-state index contributed by atoms with van der Waals surface area (Å²) in [5.41, 5.74) is 1.62. The van der Waals surface area contributed by atoms with E-state index in [0.29, 0.717) is 0 Å². The van der Waals surface area contributed by atoms with E-state index < -0.39 is 0 Å². The molecule has 0 bridgehead atoms. The Labute approximate surface area is 151 Å². The Morgan fingerprint density at radius 1 is 1.35 bits per heavy atom. The molecule has 1 saturated heterocycles. The largest absolute Gasteiger partial charge is 0.355 e. The fourth-order valence-corrected chi connectivity index (χ4v) is 3.65. The topological polar surface area (TPSA) is 92.6 Å².